The van der Waals surface area contributed by atoms with E-state index in [1.54, 1.807) is 44.2 Å². The van der Waals surface area contributed by atoms with E-state index in [9.17, 15) is 9.90 Å². The molecule has 0 fully saturated rings. The van der Waals surface area contributed by atoms with E-state index in [1.165, 1.54) is 6.07 Å². The van der Waals surface area contributed by atoms with Crippen molar-refractivity contribution < 1.29 is 9.90 Å². The van der Waals surface area contributed by atoms with Crippen molar-refractivity contribution in [3.8, 4) is 6.07 Å². The molecule has 0 radical (unpaired) electrons. The van der Waals surface area contributed by atoms with Gasteiger partial charge in [0.05, 0.1) is 17.4 Å². The molecule has 1 aromatic heterocycles. The molecule has 2 N–H and O–H groups in total. The highest BCUT2D eigenvalue weighted by atomic mass is 16.3. The SMILES string of the molecule is Cc1nc(C(=O)Nc2ccccc2C(C)O)ccc1C#N. The van der Waals surface area contributed by atoms with Crippen LogP contribution in [0.25, 0.3) is 0 Å². The monoisotopic (exact) mass is 281 g/mol. The van der Waals surface area contributed by atoms with Gasteiger partial charge in [0.2, 0.25) is 0 Å². The number of para-hydroxylation sites is 1. The average molecular weight is 281 g/mol. The second-order valence-electron chi connectivity index (χ2n) is 4.66. The molecule has 1 heterocycles. The van der Waals surface area contributed by atoms with Crippen LogP contribution < -0.4 is 5.32 Å². The molecule has 0 aliphatic heterocycles. The number of anilines is 1. The number of amides is 1. The second-order valence-corrected chi connectivity index (χ2v) is 4.66. The molecule has 0 aliphatic carbocycles. The number of benzene rings is 1. The Labute approximate surface area is 122 Å². The van der Waals surface area contributed by atoms with Crippen molar-refractivity contribution in [1.29, 1.82) is 5.26 Å². The lowest BCUT2D eigenvalue weighted by Gasteiger charge is -2.13. The van der Waals surface area contributed by atoms with Crippen LogP contribution >= 0.6 is 0 Å². The van der Waals surface area contributed by atoms with Crippen LogP contribution in [-0.2, 0) is 0 Å². The van der Waals surface area contributed by atoms with Gasteiger partial charge in [-0.25, -0.2) is 4.98 Å². The van der Waals surface area contributed by atoms with E-state index in [4.69, 9.17) is 5.26 Å². The van der Waals surface area contributed by atoms with Crippen molar-refractivity contribution in [2.45, 2.75) is 20.0 Å². The number of carbonyl (C=O) groups excluding carboxylic acids is 1. The topological polar surface area (TPSA) is 86.0 Å². The summed E-state index contributed by atoms with van der Waals surface area (Å²) in [6, 6.07) is 12.1. The molecule has 1 atom stereocenters. The number of rotatable bonds is 3. The molecule has 5 heteroatoms. The summed E-state index contributed by atoms with van der Waals surface area (Å²) in [6.07, 6.45) is -0.683. The molecule has 2 rings (SSSR count). The summed E-state index contributed by atoms with van der Waals surface area (Å²) in [5.41, 5.74) is 2.36. The van der Waals surface area contributed by atoms with Crippen molar-refractivity contribution in [3.63, 3.8) is 0 Å². The highest BCUT2D eigenvalue weighted by Crippen LogP contribution is 2.22. The van der Waals surface area contributed by atoms with Gasteiger partial charge in [-0.2, -0.15) is 5.26 Å². The van der Waals surface area contributed by atoms with Crippen LogP contribution in [0.15, 0.2) is 36.4 Å². The highest BCUT2D eigenvalue weighted by molar-refractivity contribution is 6.03. The number of aryl methyl sites for hydroxylation is 1. The maximum Gasteiger partial charge on any atom is 0.274 e. The first-order valence-electron chi connectivity index (χ1n) is 6.49. The minimum Gasteiger partial charge on any atom is -0.389 e. The molecule has 1 unspecified atom stereocenters. The molecule has 106 valence electrons. The fourth-order valence-corrected chi connectivity index (χ4v) is 1.97. The number of carbonyl (C=O) groups is 1. The predicted octanol–water partition coefficient (Wildman–Crippen LogP) is 2.57. The predicted molar refractivity (Wildman–Crippen MR) is 78.7 cm³/mol. The summed E-state index contributed by atoms with van der Waals surface area (Å²) >= 11 is 0. The Hall–Kier alpha value is -2.71. The van der Waals surface area contributed by atoms with Crippen LogP contribution in [0.5, 0.6) is 0 Å². The molecule has 0 aliphatic rings. The average Bonchev–Trinajstić information content (AvgIpc) is 2.47. The van der Waals surface area contributed by atoms with Crippen molar-refractivity contribution in [1.82, 2.24) is 4.98 Å². The second kappa shape index (κ2) is 6.16. The lowest BCUT2D eigenvalue weighted by molar-refractivity contribution is 0.102. The van der Waals surface area contributed by atoms with Gasteiger partial charge in [-0.1, -0.05) is 18.2 Å². The third kappa shape index (κ3) is 3.25. The van der Waals surface area contributed by atoms with Crippen LogP contribution in [0.2, 0.25) is 0 Å². The minimum atomic E-state index is -0.683. The molecule has 2 aromatic rings. The number of aromatic nitrogens is 1. The Morgan fingerprint density at radius 1 is 1.33 bits per heavy atom. The molecule has 21 heavy (non-hydrogen) atoms. The molecule has 0 bridgehead atoms. The molecule has 1 amide bonds. The number of aliphatic hydroxyl groups excluding tert-OH is 1. The first kappa shape index (κ1) is 14.7. The maximum atomic E-state index is 12.2. The van der Waals surface area contributed by atoms with Gasteiger partial charge in [0, 0.05) is 11.3 Å². The molecule has 0 saturated carbocycles. The first-order chi connectivity index (χ1) is 10.0. The summed E-state index contributed by atoms with van der Waals surface area (Å²) < 4.78 is 0. The smallest absolute Gasteiger partial charge is 0.274 e. The van der Waals surface area contributed by atoms with Gasteiger partial charge in [0.25, 0.3) is 5.91 Å². The van der Waals surface area contributed by atoms with E-state index in [1.807, 2.05) is 6.07 Å². The third-order valence-corrected chi connectivity index (χ3v) is 3.10. The van der Waals surface area contributed by atoms with Gasteiger partial charge in [-0.15, -0.1) is 0 Å². The van der Waals surface area contributed by atoms with Crippen LogP contribution in [0.4, 0.5) is 5.69 Å². The largest absolute Gasteiger partial charge is 0.389 e. The van der Waals surface area contributed by atoms with Gasteiger partial charge in [0.15, 0.2) is 0 Å². The lowest BCUT2D eigenvalue weighted by Crippen LogP contribution is -2.16. The van der Waals surface area contributed by atoms with Crippen molar-refractivity contribution in [3.05, 3.63) is 58.9 Å². The van der Waals surface area contributed by atoms with Crippen molar-refractivity contribution in [2.24, 2.45) is 0 Å². The van der Waals surface area contributed by atoms with E-state index >= 15 is 0 Å². The normalized spacial score (nSPS) is 11.5. The fraction of sp³-hybridized carbons (Fsp3) is 0.188. The lowest BCUT2D eigenvalue weighted by atomic mass is 10.1. The first-order valence-corrected chi connectivity index (χ1v) is 6.49. The zero-order chi connectivity index (χ0) is 15.4. The van der Waals surface area contributed by atoms with Crippen LogP contribution in [0.1, 0.15) is 40.3 Å². The van der Waals surface area contributed by atoms with Gasteiger partial charge < -0.3 is 10.4 Å². The number of pyridine rings is 1. The quantitative estimate of drug-likeness (QED) is 0.905. The Bertz CT molecular complexity index is 718. The number of hydrogen-bond donors (Lipinski definition) is 2. The highest BCUT2D eigenvalue weighted by Gasteiger charge is 2.13. The fourth-order valence-electron chi connectivity index (χ4n) is 1.97. The number of aliphatic hydroxyl groups is 1. The molecular formula is C16H15N3O2. The Morgan fingerprint density at radius 3 is 2.67 bits per heavy atom. The third-order valence-electron chi connectivity index (χ3n) is 3.10. The van der Waals surface area contributed by atoms with Crippen LogP contribution in [0, 0.1) is 18.3 Å². The molecule has 1 aromatic carbocycles. The van der Waals surface area contributed by atoms with E-state index in [-0.39, 0.29) is 11.6 Å². The Balaban J connectivity index is 2.27. The Kier molecular flexibility index (Phi) is 4.31. The minimum absolute atomic E-state index is 0.229. The van der Waals surface area contributed by atoms with E-state index in [0.717, 1.165) is 0 Å². The molecule has 5 nitrogen and oxygen atoms in total. The number of nitrogens with zero attached hydrogens (tertiary/aromatic N) is 2. The maximum absolute atomic E-state index is 12.2. The summed E-state index contributed by atoms with van der Waals surface area (Å²) in [5, 5.41) is 21.3. The van der Waals surface area contributed by atoms with Crippen LogP contribution in [-0.4, -0.2) is 16.0 Å². The molecule has 0 saturated heterocycles. The number of nitrogens with one attached hydrogen (secondary N) is 1. The summed E-state index contributed by atoms with van der Waals surface area (Å²) in [4.78, 5) is 16.3. The number of hydrogen-bond acceptors (Lipinski definition) is 4. The van der Waals surface area contributed by atoms with E-state index in [0.29, 0.717) is 22.5 Å². The Morgan fingerprint density at radius 2 is 2.05 bits per heavy atom. The summed E-state index contributed by atoms with van der Waals surface area (Å²) in [6.45, 7) is 3.31. The van der Waals surface area contributed by atoms with Crippen molar-refractivity contribution in [2.75, 3.05) is 5.32 Å². The zero-order valence-corrected chi connectivity index (χ0v) is 11.8. The standard InChI is InChI=1S/C16H15N3O2/c1-10-12(9-17)7-8-15(18-10)16(21)19-14-6-4-3-5-13(14)11(2)20/h3-8,11,20H,1-2H3,(H,19,21). The van der Waals surface area contributed by atoms with Gasteiger partial charge >= 0.3 is 0 Å². The zero-order valence-electron chi connectivity index (χ0n) is 11.8. The van der Waals surface area contributed by atoms with Gasteiger partial charge in [-0.05, 0) is 32.0 Å². The summed E-state index contributed by atoms with van der Waals surface area (Å²) in [5.74, 6) is -0.379. The molecule has 0 spiro atoms. The van der Waals surface area contributed by atoms with Gasteiger partial charge in [0.1, 0.15) is 11.8 Å². The van der Waals surface area contributed by atoms with E-state index in [2.05, 4.69) is 10.3 Å². The van der Waals surface area contributed by atoms with E-state index < -0.39 is 6.10 Å². The van der Waals surface area contributed by atoms with Crippen LogP contribution in [0.3, 0.4) is 0 Å². The molecular weight excluding hydrogens is 266 g/mol. The summed E-state index contributed by atoms with van der Waals surface area (Å²) in [7, 11) is 0. The number of nitriles is 1. The van der Waals surface area contributed by atoms with Crippen molar-refractivity contribution >= 4 is 11.6 Å². The van der Waals surface area contributed by atoms with Gasteiger partial charge in [-0.3, -0.25) is 4.79 Å².